The molecule has 29 heavy (non-hydrogen) atoms. The molecule has 1 aliphatic carbocycles. The SMILES string of the molecule is C#CCn1c(=NC(=O)c2ccc3c(c2)CCCC3)sc2cc(S(N)(=O)=O)ccc21. The predicted molar refractivity (Wildman–Crippen MR) is 113 cm³/mol. The number of hydrogen-bond donors (Lipinski definition) is 1. The van der Waals surface area contributed by atoms with Crippen molar-refractivity contribution in [2.75, 3.05) is 0 Å². The zero-order chi connectivity index (χ0) is 20.6. The number of rotatable bonds is 3. The van der Waals surface area contributed by atoms with Crippen LogP contribution in [0.15, 0.2) is 46.3 Å². The summed E-state index contributed by atoms with van der Waals surface area (Å²) in [5.41, 5.74) is 3.76. The van der Waals surface area contributed by atoms with Crippen LogP contribution in [-0.2, 0) is 29.4 Å². The second-order valence-corrected chi connectivity index (χ2v) is 9.53. The second kappa shape index (κ2) is 7.59. The maximum Gasteiger partial charge on any atom is 0.279 e. The van der Waals surface area contributed by atoms with Gasteiger partial charge in [0, 0.05) is 5.56 Å². The summed E-state index contributed by atoms with van der Waals surface area (Å²) >= 11 is 1.21. The number of nitrogens with zero attached hydrogens (tertiary/aromatic N) is 2. The average molecular weight is 426 g/mol. The smallest absolute Gasteiger partial charge is 0.279 e. The van der Waals surface area contributed by atoms with Crippen LogP contribution in [0.2, 0.25) is 0 Å². The Morgan fingerprint density at radius 1 is 1.17 bits per heavy atom. The molecule has 0 saturated heterocycles. The van der Waals surface area contributed by atoms with Crippen molar-refractivity contribution in [1.82, 2.24) is 4.57 Å². The third kappa shape index (κ3) is 3.90. The number of thiazole rings is 1. The lowest BCUT2D eigenvalue weighted by molar-refractivity contribution is 0.0997. The predicted octanol–water partition coefficient (Wildman–Crippen LogP) is 2.60. The topological polar surface area (TPSA) is 94.5 Å². The van der Waals surface area contributed by atoms with Gasteiger partial charge in [0.05, 0.1) is 21.7 Å². The monoisotopic (exact) mass is 425 g/mol. The van der Waals surface area contributed by atoms with Crippen molar-refractivity contribution in [2.45, 2.75) is 37.1 Å². The minimum absolute atomic E-state index is 0.00618. The fourth-order valence-electron chi connectivity index (χ4n) is 3.58. The van der Waals surface area contributed by atoms with E-state index in [0.717, 1.165) is 19.3 Å². The van der Waals surface area contributed by atoms with Crippen LogP contribution in [0.25, 0.3) is 10.2 Å². The van der Waals surface area contributed by atoms with Crippen molar-refractivity contribution in [3.63, 3.8) is 0 Å². The van der Waals surface area contributed by atoms with Crippen LogP contribution in [0.5, 0.6) is 0 Å². The summed E-state index contributed by atoms with van der Waals surface area (Å²) in [5, 5.41) is 5.22. The number of aryl methyl sites for hydroxylation is 2. The zero-order valence-electron chi connectivity index (χ0n) is 15.6. The molecule has 1 amide bonds. The molecule has 0 radical (unpaired) electrons. The van der Waals surface area contributed by atoms with Crippen molar-refractivity contribution in [3.8, 4) is 12.3 Å². The summed E-state index contributed by atoms with van der Waals surface area (Å²) in [5.74, 6) is 2.21. The molecule has 0 saturated carbocycles. The Balaban J connectivity index is 1.81. The quantitative estimate of drug-likeness (QED) is 0.654. The van der Waals surface area contributed by atoms with Crippen LogP contribution in [0.4, 0.5) is 0 Å². The van der Waals surface area contributed by atoms with Crippen molar-refractivity contribution >= 4 is 37.5 Å². The lowest BCUT2D eigenvalue weighted by Crippen LogP contribution is -2.17. The molecule has 1 aromatic heterocycles. The van der Waals surface area contributed by atoms with E-state index in [4.69, 9.17) is 11.6 Å². The standard InChI is InChI=1S/C21H19N3O3S2/c1-2-11-24-18-10-9-17(29(22,26)27)13-19(18)28-21(24)23-20(25)16-8-7-14-5-3-4-6-15(14)12-16/h1,7-10,12-13H,3-6,11H2,(H2,22,26,27). The molecule has 2 aromatic carbocycles. The van der Waals surface area contributed by atoms with E-state index >= 15 is 0 Å². The summed E-state index contributed by atoms with van der Waals surface area (Å²) in [7, 11) is -3.83. The highest BCUT2D eigenvalue weighted by Gasteiger charge is 2.15. The van der Waals surface area contributed by atoms with Crippen LogP contribution in [0, 0.1) is 12.3 Å². The maximum absolute atomic E-state index is 12.8. The zero-order valence-corrected chi connectivity index (χ0v) is 17.2. The van der Waals surface area contributed by atoms with Gasteiger partial charge in [-0.25, -0.2) is 13.6 Å². The third-order valence-electron chi connectivity index (χ3n) is 5.02. The molecule has 8 heteroatoms. The highest BCUT2D eigenvalue weighted by Crippen LogP contribution is 2.23. The molecule has 0 aliphatic heterocycles. The van der Waals surface area contributed by atoms with Gasteiger partial charge < -0.3 is 4.57 Å². The molecule has 0 bridgehead atoms. The summed E-state index contributed by atoms with van der Waals surface area (Å²) in [6.07, 6.45) is 9.83. The first-order valence-corrected chi connectivity index (χ1v) is 11.5. The first-order chi connectivity index (χ1) is 13.9. The molecular weight excluding hydrogens is 406 g/mol. The van der Waals surface area contributed by atoms with Gasteiger partial charge in [-0.05, 0) is 67.1 Å². The largest absolute Gasteiger partial charge is 0.305 e. The van der Waals surface area contributed by atoms with Crippen molar-refractivity contribution in [3.05, 3.63) is 57.9 Å². The molecule has 6 nitrogen and oxygen atoms in total. The number of nitrogens with two attached hydrogens (primary N) is 1. The highest BCUT2D eigenvalue weighted by atomic mass is 32.2. The lowest BCUT2D eigenvalue weighted by atomic mass is 9.90. The van der Waals surface area contributed by atoms with Crippen LogP contribution < -0.4 is 9.94 Å². The van der Waals surface area contributed by atoms with Crippen molar-refractivity contribution < 1.29 is 13.2 Å². The van der Waals surface area contributed by atoms with Gasteiger partial charge in [0.15, 0.2) is 4.80 Å². The van der Waals surface area contributed by atoms with Crippen molar-refractivity contribution in [1.29, 1.82) is 0 Å². The Morgan fingerprint density at radius 2 is 1.93 bits per heavy atom. The Morgan fingerprint density at radius 3 is 2.66 bits per heavy atom. The van der Waals surface area contributed by atoms with Gasteiger partial charge in [0.25, 0.3) is 5.91 Å². The average Bonchev–Trinajstić information content (AvgIpc) is 3.03. The van der Waals surface area contributed by atoms with E-state index in [1.807, 2.05) is 18.2 Å². The van der Waals surface area contributed by atoms with Crippen LogP contribution in [-0.4, -0.2) is 18.9 Å². The molecule has 3 aromatic rings. The van der Waals surface area contributed by atoms with Gasteiger partial charge in [-0.3, -0.25) is 4.79 Å². The molecule has 0 atom stereocenters. The van der Waals surface area contributed by atoms with E-state index in [0.29, 0.717) is 20.6 Å². The number of carbonyl (C=O) groups excluding carboxylic acids is 1. The van der Waals surface area contributed by atoms with Gasteiger partial charge >= 0.3 is 0 Å². The number of carbonyl (C=O) groups is 1. The molecule has 0 fully saturated rings. The van der Waals surface area contributed by atoms with E-state index in [1.165, 1.54) is 41.0 Å². The Hall–Kier alpha value is -2.73. The first kappa shape index (κ1) is 19.6. The summed E-state index contributed by atoms with van der Waals surface area (Å²) in [4.78, 5) is 17.5. The Kier molecular flexibility index (Phi) is 5.13. The van der Waals surface area contributed by atoms with E-state index < -0.39 is 10.0 Å². The number of amides is 1. The lowest BCUT2D eigenvalue weighted by Gasteiger charge is -2.15. The fourth-order valence-corrected chi connectivity index (χ4v) is 5.26. The number of aromatic nitrogens is 1. The molecule has 0 unspecified atom stereocenters. The number of fused-ring (bicyclic) bond motifs is 2. The van der Waals surface area contributed by atoms with Gasteiger partial charge in [-0.2, -0.15) is 4.99 Å². The first-order valence-electron chi connectivity index (χ1n) is 9.17. The molecule has 4 rings (SSSR count). The normalized spacial score (nSPS) is 14.6. The molecule has 2 N–H and O–H groups in total. The Labute approximate surface area is 172 Å². The maximum atomic E-state index is 12.8. The van der Waals surface area contributed by atoms with Gasteiger partial charge in [-0.1, -0.05) is 23.3 Å². The van der Waals surface area contributed by atoms with Crippen LogP contribution >= 0.6 is 11.3 Å². The summed E-state index contributed by atoms with van der Waals surface area (Å²) in [6, 6.07) is 10.3. The van der Waals surface area contributed by atoms with Crippen molar-refractivity contribution in [2.24, 2.45) is 10.1 Å². The number of primary sulfonamides is 1. The number of benzene rings is 2. The van der Waals surface area contributed by atoms with E-state index in [9.17, 15) is 13.2 Å². The molecule has 0 spiro atoms. The van der Waals surface area contributed by atoms with E-state index in [1.54, 1.807) is 10.6 Å². The minimum Gasteiger partial charge on any atom is -0.305 e. The molecule has 148 valence electrons. The van der Waals surface area contributed by atoms with Gasteiger partial charge in [0.1, 0.15) is 0 Å². The summed E-state index contributed by atoms with van der Waals surface area (Å²) < 4.78 is 25.6. The van der Waals surface area contributed by atoms with Crippen LogP contribution in [0.3, 0.4) is 0 Å². The fraction of sp³-hybridized carbons (Fsp3) is 0.238. The highest BCUT2D eigenvalue weighted by molar-refractivity contribution is 7.89. The van der Waals surface area contributed by atoms with Gasteiger partial charge in [-0.15, -0.1) is 6.42 Å². The third-order valence-corrected chi connectivity index (χ3v) is 6.98. The van der Waals surface area contributed by atoms with Gasteiger partial charge in [0.2, 0.25) is 10.0 Å². The van der Waals surface area contributed by atoms with E-state index in [-0.39, 0.29) is 17.3 Å². The minimum atomic E-state index is -3.83. The second-order valence-electron chi connectivity index (χ2n) is 6.96. The number of sulfonamides is 1. The molecule has 1 aliphatic rings. The van der Waals surface area contributed by atoms with E-state index in [2.05, 4.69) is 10.9 Å². The number of hydrogen-bond acceptors (Lipinski definition) is 4. The Bertz CT molecular complexity index is 1340. The molecule has 1 heterocycles. The molecular formula is C21H19N3O3S2. The number of terminal acetylenes is 1. The van der Waals surface area contributed by atoms with Crippen LogP contribution in [0.1, 0.15) is 34.3 Å². The summed E-state index contributed by atoms with van der Waals surface area (Å²) in [6.45, 7) is 0.213.